The molecule has 0 spiro atoms. The van der Waals surface area contributed by atoms with Crippen molar-refractivity contribution in [3.63, 3.8) is 0 Å². The molecule has 146 valence electrons. The molecule has 26 heavy (non-hydrogen) atoms. The van der Waals surface area contributed by atoms with E-state index in [1.807, 2.05) is 0 Å². The number of likely N-dealkylation sites (tertiary alicyclic amines) is 1. The highest BCUT2D eigenvalue weighted by atomic mass is 16.5. The predicted molar refractivity (Wildman–Crippen MR) is 103 cm³/mol. The van der Waals surface area contributed by atoms with Crippen molar-refractivity contribution in [1.29, 1.82) is 0 Å². The number of carbonyl (C=O) groups is 1. The van der Waals surface area contributed by atoms with E-state index < -0.39 is 0 Å². The third-order valence-electron chi connectivity index (χ3n) is 4.95. The van der Waals surface area contributed by atoms with Gasteiger partial charge >= 0.3 is 0 Å². The van der Waals surface area contributed by atoms with E-state index >= 15 is 0 Å². The Kier molecular flexibility index (Phi) is 8.04. The Labute approximate surface area is 156 Å². The van der Waals surface area contributed by atoms with Crippen molar-refractivity contribution in [1.82, 2.24) is 4.90 Å². The summed E-state index contributed by atoms with van der Waals surface area (Å²) < 4.78 is 16.0. The van der Waals surface area contributed by atoms with Gasteiger partial charge in [-0.25, -0.2) is 0 Å². The summed E-state index contributed by atoms with van der Waals surface area (Å²) in [6.45, 7) is 4.64. The second-order valence-electron chi connectivity index (χ2n) is 6.82. The molecule has 0 saturated carbocycles. The Morgan fingerprint density at radius 2 is 1.81 bits per heavy atom. The van der Waals surface area contributed by atoms with E-state index in [1.54, 1.807) is 33.5 Å². The van der Waals surface area contributed by atoms with Crippen LogP contribution >= 0.6 is 0 Å². The third-order valence-corrected chi connectivity index (χ3v) is 4.95. The van der Waals surface area contributed by atoms with Crippen LogP contribution in [0, 0.1) is 5.92 Å². The van der Waals surface area contributed by atoms with Gasteiger partial charge in [-0.3, -0.25) is 9.69 Å². The second-order valence-corrected chi connectivity index (χ2v) is 6.82. The molecule has 0 radical (unpaired) electrons. The van der Waals surface area contributed by atoms with Crippen LogP contribution in [0.4, 0.5) is 5.69 Å². The molecule has 1 amide bonds. The lowest BCUT2D eigenvalue weighted by Crippen LogP contribution is -2.34. The monoisotopic (exact) mass is 364 g/mol. The maximum Gasteiger partial charge on any atom is 0.238 e. The Bertz CT molecular complexity index is 566. The standard InChI is InChI=1S/C20H32N2O4/c1-5-7-15-8-6-10-22(11-9-15)14-19(23)21-16-12-17(24-2)20(26-4)18(13-16)25-3/h12-13,15H,5-11,14H2,1-4H3,(H,21,23). The van der Waals surface area contributed by atoms with Gasteiger partial charge < -0.3 is 19.5 Å². The molecule has 6 heteroatoms. The fraction of sp³-hybridized carbons (Fsp3) is 0.650. The number of nitrogens with zero attached hydrogens (tertiary/aromatic N) is 1. The van der Waals surface area contributed by atoms with Crippen LogP contribution in [0.3, 0.4) is 0 Å². The molecule has 1 saturated heterocycles. The van der Waals surface area contributed by atoms with Crippen molar-refractivity contribution in [3.8, 4) is 17.2 Å². The first kappa shape index (κ1) is 20.4. The zero-order valence-corrected chi connectivity index (χ0v) is 16.5. The summed E-state index contributed by atoms with van der Waals surface area (Å²) >= 11 is 0. The molecule has 1 fully saturated rings. The molecule has 6 nitrogen and oxygen atoms in total. The number of ether oxygens (including phenoxy) is 3. The van der Waals surface area contributed by atoms with Gasteiger partial charge in [0.15, 0.2) is 11.5 Å². The Balaban J connectivity index is 1.97. The first-order valence-electron chi connectivity index (χ1n) is 9.43. The number of carbonyl (C=O) groups excluding carboxylic acids is 1. The summed E-state index contributed by atoms with van der Waals surface area (Å²) in [5.74, 6) is 2.36. The average molecular weight is 364 g/mol. The van der Waals surface area contributed by atoms with Crippen molar-refractivity contribution < 1.29 is 19.0 Å². The first-order valence-corrected chi connectivity index (χ1v) is 9.43. The third kappa shape index (κ3) is 5.53. The van der Waals surface area contributed by atoms with Crippen LogP contribution in [0.2, 0.25) is 0 Å². The number of methoxy groups -OCH3 is 3. The predicted octanol–water partition coefficient (Wildman–Crippen LogP) is 3.55. The zero-order valence-electron chi connectivity index (χ0n) is 16.5. The van der Waals surface area contributed by atoms with Crippen molar-refractivity contribution in [2.45, 2.75) is 39.0 Å². The summed E-state index contributed by atoms with van der Waals surface area (Å²) in [6, 6.07) is 3.50. The van der Waals surface area contributed by atoms with E-state index in [2.05, 4.69) is 17.1 Å². The van der Waals surface area contributed by atoms with E-state index in [1.165, 1.54) is 32.1 Å². The van der Waals surface area contributed by atoms with E-state index in [-0.39, 0.29) is 5.91 Å². The summed E-state index contributed by atoms with van der Waals surface area (Å²) in [4.78, 5) is 14.7. The van der Waals surface area contributed by atoms with E-state index in [0.717, 1.165) is 19.0 Å². The first-order chi connectivity index (χ1) is 12.6. The lowest BCUT2D eigenvalue weighted by Gasteiger charge is -2.20. The lowest BCUT2D eigenvalue weighted by molar-refractivity contribution is -0.117. The fourth-order valence-electron chi connectivity index (χ4n) is 3.64. The maximum absolute atomic E-state index is 12.5. The van der Waals surface area contributed by atoms with Gasteiger partial charge in [0.25, 0.3) is 0 Å². The van der Waals surface area contributed by atoms with Crippen LogP contribution in [0.25, 0.3) is 0 Å². The number of anilines is 1. The highest BCUT2D eigenvalue weighted by molar-refractivity contribution is 5.93. The van der Waals surface area contributed by atoms with Crippen LogP contribution in [0.15, 0.2) is 12.1 Å². The summed E-state index contributed by atoms with van der Waals surface area (Å²) in [6.07, 6.45) is 6.17. The number of benzene rings is 1. The molecular weight excluding hydrogens is 332 g/mol. The van der Waals surface area contributed by atoms with Gasteiger partial charge in [0.2, 0.25) is 11.7 Å². The van der Waals surface area contributed by atoms with Gasteiger partial charge in [0.05, 0.1) is 27.9 Å². The number of amides is 1. The van der Waals surface area contributed by atoms with Crippen LogP contribution in [-0.2, 0) is 4.79 Å². The Morgan fingerprint density at radius 3 is 2.38 bits per heavy atom. The minimum atomic E-state index is -0.0202. The highest BCUT2D eigenvalue weighted by Crippen LogP contribution is 2.39. The van der Waals surface area contributed by atoms with Crippen molar-refractivity contribution in [2.24, 2.45) is 5.92 Å². The Morgan fingerprint density at radius 1 is 1.12 bits per heavy atom. The summed E-state index contributed by atoms with van der Waals surface area (Å²) in [5.41, 5.74) is 0.642. The highest BCUT2D eigenvalue weighted by Gasteiger charge is 2.19. The SMILES string of the molecule is CCCC1CCCN(CC(=O)Nc2cc(OC)c(OC)c(OC)c2)CC1. The van der Waals surface area contributed by atoms with Crippen molar-refractivity contribution in [2.75, 3.05) is 46.3 Å². The minimum Gasteiger partial charge on any atom is -0.493 e. The van der Waals surface area contributed by atoms with Gasteiger partial charge in [-0.1, -0.05) is 19.8 Å². The van der Waals surface area contributed by atoms with Gasteiger partial charge in [-0.15, -0.1) is 0 Å². The van der Waals surface area contributed by atoms with Gasteiger partial charge in [0, 0.05) is 17.8 Å². The largest absolute Gasteiger partial charge is 0.493 e. The fourth-order valence-corrected chi connectivity index (χ4v) is 3.64. The molecule has 0 bridgehead atoms. The molecule has 2 rings (SSSR count). The van der Waals surface area contributed by atoms with E-state index in [0.29, 0.717) is 29.5 Å². The molecule has 1 N–H and O–H groups in total. The van der Waals surface area contributed by atoms with Crippen LogP contribution in [0.5, 0.6) is 17.2 Å². The number of hydrogen-bond donors (Lipinski definition) is 1. The zero-order chi connectivity index (χ0) is 18.9. The second kappa shape index (κ2) is 10.3. The van der Waals surface area contributed by atoms with Gasteiger partial charge in [-0.05, 0) is 38.3 Å². The van der Waals surface area contributed by atoms with Crippen LogP contribution < -0.4 is 19.5 Å². The molecule has 1 aromatic carbocycles. The lowest BCUT2D eigenvalue weighted by atomic mass is 9.96. The molecule has 1 heterocycles. The minimum absolute atomic E-state index is 0.0202. The van der Waals surface area contributed by atoms with Crippen molar-refractivity contribution in [3.05, 3.63) is 12.1 Å². The molecule has 0 aromatic heterocycles. The van der Waals surface area contributed by atoms with Gasteiger partial charge in [-0.2, -0.15) is 0 Å². The topological polar surface area (TPSA) is 60.0 Å². The maximum atomic E-state index is 12.5. The molecule has 0 aliphatic carbocycles. The number of rotatable bonds is 8. The average Bonchev–Trinajstić information content (AvgIpc) is 2.86. The normalized spacial score (nSPS) is 18.1. The Hall–Kier alpha value is -1.95. The number of nitrogens with one attached hydrogen (secondary N) is 1. The molecule has 1 atom stereocenters. The smallest absolute Gasteiger partial charge is 0.238 e. The van der Waals surface area contributed by atoms with Gasteiger partial charge in [0.1, 0.15) is 0 Å². The summed E-state index contributed by atoms with van der Waals surface area (Å²) in [5, 5.41) is 2.95. The van der Waals surface area contributed by atoms with Crippen LogP contribution in [-0.4, -0.2) is 51.8 Å². The molecule has 1 aromatic rings. The van der Waals surface area contributed by atoms with Crippen LogP contribution in [0.1, 0.15) is 39.0 Å². The quantitative estimate of drug-likeness (QED) is 0.764. The van der Waals surface area contributed by atoms with E-state index in [9.17, 15) is 4.79 Å². The molecule has 1 aliphatic rings. The molecule has 1 unspecified atom stereocenters. The van der Waals surface area contributed by atoms with Crippen molar-refractivity contribution >= 4 is 11.6 Å². The molecule has 1 aliphatic heterocycles. The number of hydrogen-bond acceptors (Lipinski definition) is 5. The summed E-state index contributed by atoms with van der Waals surface area (Å²) in [7, 11) is 4.68. The molecular formula is C20H32N2O4. The van der Waals surface area contributed by atoms with E-state index in [4.69, 9.17) is 14.2 Å².